The molecule has 3 atom stereocenters. The maximum atomic E-state index is 15.3. The molecule has 2 aliphatic heterocycles. The minimum Gasteiger partial charge on any atom is -0.508 e. The van der Waals surface area contributed by atoms with E-state index in [1.165, 1.54) is 12.5 Å². The summed E-state index contributed by atoms with van der Waals surface area (Å²) in [4.78, 5) is 2.46. The average Bonchev–Trinajstić information content (AvgIpc) is 3.29. The van der Waals surface area contributed by atoms with Gasteiger partial charge in [0.05, 0.1) is 0 Å². The predicted molar refractivity (Wildman–Crippen MR) is 138 cm³/mol. The number of halogens is 1. The first kappa shape index (κ1) is 24.2. The Labute approximate surface area is 211 Å². The summed E-state index contributed by atoms with van der Waals surface area (Å²) in [6.45, 7) is 9.18. The van der Waals surface area contributed by atoms with Gasteiger partial charge in [-0.15, -0.1) is 0 Å². The second kappa shape index (κ2) is 9.51. The molecule has 2 aliphatic rings. The highest BCUT2D eigenvalue weighted by atomic mass is 19.1. The zero-order valence-electron chi connectivity index (χ0n) is 20.9. The second-order valence-electron chi connectivity index (χ2n) is 10.1. The van der Waals surface area contributed by atoms with Crippen molar-refractivity contribution in [2.45, 2.75) is 38.8 Å². The van der Waals surface area contributed by atoms with Gasteiger partial charge in [-0.25, -0.2) is 4.39 Å². The quantitative estimate of drug-likeness (QED) is 0.439. The highest BCUT2D eigenvalue weighted by molar-refractivity contribution is 5.75. The summed E-state index contributed by atoms with van der Waals surface area (Å²) in [5.41, 5.74) is 1.33. The van der Waals surface area contributed by atoms with Gasteiger partial charge in [-0.05, 0) is 86.8 Å². The molecule has 0 saturated carbocycles. The van der Waals surface area contributed by atoms with Gasteiger partial charge in [-0.3, -0.25) is 4.90 Å². The molecule has 0 aliphatic carbocycles. The topological polar surface area (TPSA) is 62.2 Å². The van der Waals surface area contributed by atoms with Crippen molar-refractivity contribution in [3.8, 4) is 23.0 Å². The van der Waals surface area contributed by atoms with Gasteiger partial charge in [-0.2, -0.15) is 0 Å². The van der Waals surface area contributed by atoms with Crippen molar-refractivity contribution in [3.63, 3.8) is 0 Å². The van der Waals surface area contributed by atoms with E-state index in [4.69, 9.17) is 9.47 Å². The van der Waals surface area contributed by atoms with E-state index in [9.17, 15) is 10.2 Å². The Morgan fingerprint density at radius 2 is 1.81 bits per heavy atom. The van der Waals surface area contributed by atoms with E-state index < -0.39 is 11.4 Å². The van der Waals surface area contributed by atoms with Crippen LogP contribution in [0.25, 0.3) is 5.57 Å². The fourth-order valence-corrected chi connectivity index (χ4v) is 5.23. The molecule has 5 nitrogen and oxygen atoms in total. The Bertz CT molecular complexity index is 1290. The van der Waals surface area contributed by atoms with Gasteiger partial charge < -0.3 is 19.7 Å². The summed E-state index contributed by atoms with van der Waals surface area (Å²) in [6.07, 6.45) is 3.08. The van der Waals surface area contributed by atoms with Crippen LogP contribution in [0.2, 0.25) is 0 Å². The van der Waals surface area contributed by atoms with Crippen molar-refractivity contribution in [1.29, 1.82) is 0 Å². The number of likely N-dealkylation sites (tertiary alicyclic amines) is 1. The lowest BCUT2D eigenvalue weighted by atomic mass is 9.81. The zero-order chi connectivity index (χ0) is 25.4. The van der Waals surface area contributed by atoms with Crippen LogP contribution in [0.1, 0.15) is 43.9 Å². The van der Waals surface area contributed by atoms with Gasteiger partial charge in [0, 0.05) is 35.3 Å². The number of allylic oxidation sites excluding steroid dienone is 1. The molecule has 1 saturated heterocycles. The monoisotopic (exact) mass is 489 g/mol. The molecule has 2 heterocycles. The van der Waals surface area contributed by atoms with Crippen molar-refractivity contribution in [3.05, 3.63) is 89.2 Å². The van der Waals surface area contributed by atoms with Crippen LogP contribution >= 0.6 is 0 Å². The van der Waals surface area contributed by atoms with Crippen molar-refractivity contribution < 1.29 is 24.1 Å². The third-order valence-electron chi connectivity index (χ3n) is 7.28. The van der Waals surface area contributed by atoms with E-state index in [0.29, 0.717) is 18.4 Å². The Morgan fingerprint density at radius 1 is 1.08 bits per heavy atom. The van der Waals surface area contributed by atoms with E-state index in [-0.39, 0.29) is 17.1 Å². The van der Waals surface area contributed by atoms with Gasteiger partial charge in [0.1, 0.15) is 35.4 Å². The Hall–Kier alpha value is -3.51. The minimum absolute atomic E-state index is 0.132. The standard InChI is InChI=1S/C30H32FNO4/c1-19-12-13-32(17-19)21(3)18-35-25-8-4-22(5-9-25)30(27-10-6-24(34)15-28(27)31)16-20(2)26-14-23(33)7-11-29(26)36-30/h4-11,14-16,19,21,33-34H,12-13,17-18H2,1-3H3. The first-order chi connectivity index (χ1) is 17.2. The minimum atomic E-state index is -1.26. The summed E-state index contributed by atoms with van der Waals surface area (Å²) in [5, 5.41) is 19.8. The molecule has 0 spiro atoms. The molecule has 5 rings (SSSR count). The highest BCUT2D eigenvalue weighted by Gasteiger charge is 2.41. The van der Waals surface area contributed by atoms with Gasteiger partial charge in [0.2, 0.25) is 0 Å². The van der Waals surface area contributed by atoms with E-state index in [1.807, 2.05) is 37.3 Å². The average molecular weight is 490 g/mol. The molecular formula is C30H32FNO4. The SMILES string of the molecule is CC1=CC(c2ccc(OCC(C)N3CCC(C)C3)cc2)(c2ccc(O)cc2F)Oc2ccc(O)cc21. The Balaban J connectivity index is 1.47. The molecule has 1 fully saturated rings. The number of nitrogens with zero attached hydrogens (tertiary/aromatic N) is 1. The van der Waals surface area contributed by atoms with E-state index in [2.05, 4.69) is 18.7 Å². The fraction of sp³-hybridized carbons (Fsp3) is 0.333. The first-order valence-corrected chi connectivity index (χ1v) is 12.4. The normalized spacial score (nSPS) is 22.4. The fourth-order valence-electron chi connectivity index (χ4n) is 5.23. The van der Waals surface area contributed by atoms with Crippen LogP contribution in [0.15, 0.2) is 66.7 Å². The van der Waals surface area contributed by atoms with Crippen LogP contribution in [0, 0.1) is 11.7 Å². The number of hydrogen-bond donors (Lipinski definition) is 2. The predicted octanol–water partition coefficient (Wildman–Crippen LogP) is 6.09. The molecule has 3 aromatic carbocycles. The molecular weight excluding hydrogens is 457 g/mol. The number of ether oxygens (including phenoxy) is 2. The van der Waals surface area contributed by atoms with Gasteiger partial charge in [-0.1, -0.05) is 19.1 Å². The number of fused-ring (bicyclic) bond motifs is 1. The van der Waals surface area contributed by atoms with Crippen LogP contribution in [0.4, 0.5) is 4.39 Å². The van der Waals surface area contributed by atoms with Crippen LogP contribution in [0.3, 0.4) is 0 Å². The van der Waals surface area contributed by atoms with Crippen molar-refractivity contribution in [1.82, 2.24) is 4.90 Å². The molecule has 36 heavy (non-hydrogen) atoms. The second-order valence-corrected chi connectivity index (χ2v) is 10.1. The summed E-state index contributed by atoms with van der Waals surface area (Å²) < 4.78 is 27.8. The van der Waals surface area contributed by atoms with Crippen LogP contribution < -0.4 is 9.47 Å². The van der Waals surface area contributed by atoms with Gasteiger partial charge in [0.15, 0.2) is 5.60 Å². The summed E-state index contributed by atoms with van der Waals surface area (Å²) >= 11 is 0. The van der Waals surface area contributed by atoms with Crippen molar-refractivity contribution >= 4 is 5.57 Å². The lowest BCUT2D eigenvalue weighted by Gasteiger charge is -2.37. The molecule has 0 bridgehead atoms. The molecule has 6 heteroatoms. The number of phenolic OH excluding ortho intramolecular Hbond substituents is 2. The third-order valence-corrected chi connectivity index (χ3v) is 7.28. The maximum Gasteiger partial charge on any atom is 0.181 e. The van der Waals surface area contributed by atoms with Gasteiger partial charge >= 0.3 is 0 Å². The van der Waals surface area contributed by atoms with E-state index in [0.717, 1.165) is 47.5 Å². The number of phenols is 2. The molecule has 0 aromatic heterocycles. The molecule has 2 N–H and O–H groups in total. The number of benzene rings is 3. The maximum absolute atomic E-state index is 15.3. The Kier molecular flexibility index (Phi) is 6.39. The smallest absolute Gasteiger partial charge is 0.181 e. The van der Waals surface area contributed by atoms with Crippen LogP contribution in [-0.2, 0) is 5.60 Å². The van der Waals surface area contributed by atoms with Crippen molar-refractivity contribution in [2.24, 2.45) is 5.92 Å². The molecule has 3 unspecified atom stereocenters. The number of aromatic hydroxyl groups is 2. The summed E-state index contributed by atoms with van der Waals surface area (Å²) in [6, 6.07) is 16.8. The summed E-state index contributed by atoms with van der Waals surface area (Å²) in [5.74, 6) is 1.40. The van der Waals surface area contributed by atoms with Crippen molar-refractivity contribution in [2.75, 3.05) is 19.7 Å². The molecule has 0 radical (unpaired) electrons. The van der Waals surface area contributed by atoms with E-state index in [1.54, 1.807) is 24.3 Å². The number of rotatable bonds is 6. The lowest BCUT2D eigenvalue weighted by Crippen LogP contribution is -2.36. The van der Waals surface area contributed by atoms with E-state index >= 15 is 4.39 Å². The Morgan fingerprint density at radius 3 is 2.50 bits per heavy atom. The molecule has 0 amide bonds. The summed E-state index contributed by atoms with van der Waals surface area (Å²) in [7, 11) is 0. The largest absolute Gasteiger partial charge is 0.508 e. The van der Waals surface area contributed by atoms with Gasteiger partial charge in [0.25, 0.3) is 0 Å². The molecule has 3 aromatic rings. The van der Waals surface area contributed by atoms with Crippen LogP contribution in [0.5, 0.6) is 23.0 Å². The lowest BCUT2D eigenvalue weighted by molar-refractivity contribution is 0.154. The first-order valence-electron chi connectivity index (χ1n) is 12.4. The highest BCUT2D eigenvalue weighted by Crippen LogP contribution is 2.47. The third kappa shape index (κ3) is 4.53. The number of hydrogen-bond acceptors (Lipinski definition) is 5. The zero-order valence-corrected chi connectivity index (χ0v) is 20.9. The van der Waals surface area contributed by atoms with Crippen LogP contribution in [-0.4, -0.2) is 40.9 Å². The molecule has 188 valence electrons.